The third kappa shape index (κ3) is 6.54. The number of unbranched alkanes of at least 4 members (excludes halogenated alkanes) is 5. The number of amides is 1. The maximum atomic E-state index is 12.4. The number of anilines is 1. The lowest BCUT2D eigenvalue weighted by atomic mass is 9.92. The van der Waals surface area contributed by atoms with Crippen LogP contribution in [0.4, 0.5) is 5.69 Å². The second-order valence-corrected chi connectivity index (χ2v) is 9.91. The van der Waals surface area contributed by atoms with E-state index in [1.54, 1.807) is 24.3 Å². The van der Waals surface area contributed by atoms with Gasteiger partial charge in [-0.15, -0.1) is 12.4 Å². The predicted octanol–water partition coefficient (Wildman–Crippen LogP) is 6.82. The van der Waals surface area contributed by atoms with Crippen LogP contribution >= 0.6 is 12.4 Å². The number of hydrogen-bond donors (Lipinski definition) is 2. The van der Waals surface area contributed by atoms with Crippen LogP contribution in [0.5, 0.6) is 0 Å². The van der Waals surface area contributed by atoms with Crippen molar-refractivity contribution in [1.82, 2.24) is 10.3 Å². The van der Waals surface area contributed by atoms with Crippen molar-refractivity contribution in [3.05, 3.63) is 81.8 Å². The highest BCUT2D eigenvalue weighted by Crippen LogP contribution is 2.33. The van der Waals surface area contributed by atoms with Crippen LogP contribution in [0.1, 0.15) is 73.2 Å². The van der Waals surface area contributed by atoms with Gasteiger partial charge in [0.25, 0.3) is 5.91 Å². The first-order valence-electron chi connectivity index (χ1n) is 13.7. The second kappa shape index (κ2) is 13.4. The summed E-state index contributed by atoms with van der Waals surface area (Å²) in [5.41, 5.74) is 5.35. The topological polar surface area (TPSA) is 84.2 Å². The Morgan fingerprint density at radius 1 is 0.842 bits per heavy atom. The van der Waals surface area contributed by atoms with Crippen molar-refractivity contribution >= 4 is 45.9 Å². The van der Waals surface area contributed by atoms with Crippen molar-refractivity contribution in [2.24, 2.45) is 0 Å². The Hall–Kier alpha value is -3.38. The van der Waals surface area contributed by atoms with Gasteiger partial charge >= 0.3 is 0 Å². The van der Waals surface area contributed by atoms with E-state index in [-0.39, 0.29) is 29.5 Å². The largest absolute Gasteiger partial charge is 0.451 e. The second-order valence-electron chi connectivity index (χ2n) is 9.91. The quantitative estimate of drug-likeness (QED) is 0.206. The molecule has 2 N–H and O–H groups in total. The third-order valence-corrected chi connectivity index (χ3v) is 7.22. The predicted molar refractivity (Wildman–Crippen MR) is 157 cm³/mol. The van der Waals surface area contributed by atoms with E-state index in [1.807, 2.05) is 0 Å². The summed E-state index contributed by atoms with van der Waals surface area (Å²) in [5.74, 6) is -0.265. The molecule has 0 atom stereocenters. The molecule has 0 bridgehead atoms. The van der Waals surface area contributed by atoms with Gasteiger partial charge in [-0.1, -0.05) is 56.0 Å². The number of para-hydroxylation sites is 2. The molecule has 200 valence electrons. The molecule has 5 rings (SSSR count). The van der Waals surface area contributed by atoms with E-state index in [4.69, 9.17) is 9.40 Å². The van der Waals surface area contributed by atoms with E-state index >= 15 is 0 Å². The molecule has 2 aromatic heterocycles. The van der Waals surface area contributed by atoms with E-state index in [1.165, 1.54) is 54.1 Å². The normalized spacial score (nSPS) is 12.6. The minimum absolute atomic E-state index is 0. The van der Waals surface area contributed by atoms with Gasteiger partial charge in [-0.3, -0.25) is 14.6 Å². The number of aromatic nitrogens is 1. The fourth-order valence-corrected chi connectivity index (χ4v) is 5.25. The molecule has 0 unspecified atom stereocenters. The number of aryl methyl sites for hydroxylation is 1. The molecule has 0 fully saturated rings. The summed E-state index contributed by atoms with van der Waals surface area (Å²) in [6, 6.07) is 16.7. The molecule has 0 saturated carbocycles. The van der Waals surface area contributed by atoms with E-state index in [9.17, 15) is 9.59 Å². The molecule has 4 aromatic rings. The smallest absolute Gasteiger partial charge is 0.287 e. The van der Waals surface area contributed by atoms with Gasteiger partial charge in [-0.25, -0.2) is 0 Å². The summed E-state index contributed by atoms with van der Waals surface area (Å²) in [6.45, 7) is 1.56. The molecule has 1 aliphatic rings. The molecule has 2 heterocycles. The van der Waals surface area contributed by atoms with Crippen LogP contribution < -0.4 is 16.1 Å². The van der Waals surface area contributed by atoms with Gasteiger partial charge in [-0.05, 0) is 62.3 Å². The Morgan fingerprint density at radius 2 is 1.53 bits per heavy atom. The van der Waals surface area contributed by atoms with Gasteiger partial charge in [0.1, 0.15) is 5.58 Å². The zero-order chi connectivity index (χ0) is 25.5. The van der Waals surface area contributed by atoms with Crippen molar-refractivity contribution in [3.63, 3.8) is 0 Å². The molecular formula is C31H36ClN3O3. The molecule has 0 spiro atoms. The molecular weight excluding hydrogens is 498 g/mol. The minimum atomic E-state index is -0.334. The van der Waals surface area contributed by atoms with Gasteiger partial charge < -0.3 is 15.1 Å². The lowest BCUT2D eigenvalue weighted by Gasteiger charge is -2.21. The summed E-state index contributed by atoms with van der Waals surface area (Å²) in [6.07, 6.45) is 11.3. The van der Waals surface area contributed by atoms with Crippen molar-refractivity contribution in [2.75, 3.05) is 18.4 Å². The molecule has 1 aliphatic carbocycles. The first-order chi connectivity index (χ1) is 18.2. The van der Waals surface area contributed by atoms with Gasteiger partial charge in [0.15, 0.2) is 11.2 Å². The van der Waals surface area contributed by atoms with Crippen molar-refractivity contribution in [2.45, 2.75) is 64.2 Å². The molecule has 0 aliphatic heterocycles. The number of carbonyl (C=O) groups is 1. The Balaban J connectivity index is 0.00000336. The number of nitrogens with zero attached hydrogens (tertiary/aromatic N) is 1. The number of pyridine rings is 1. The maximum absolute atomic E-state index is 12.4. The fraction of sp³-hybridized carbons (Fsp3) is 0.387. The number of benzene rings is 2. The van der Waals surface area contributed by atoms with Crippen LogP contribution in [-0.2, 0) is 12.8 Å². The summed E-state index contributed by atoms with van der Waals surface area (Å²) in [5, 5.41) is 8.36. The van der Waals surface area contributed by atoms with Crippen LogP contribution in [0.15, 0.2) is 63.8 Å². The Bertz CT molecular complexity index is 1450. The number of carbonyl (C=O) groups excluding carboxylic acids is 1. The number of fused-ring (bicyclic) bond motifs is 3. The zero-order valence-electron chi connectivity index (χ0n) is 21.8. The van der Waals surface area contributed by atoms with Crippen LogP contribution in [-0.4, -0.2) is 24.0 Å². The molecule has 38 heavy (non-hydrogen) atoms. The van der Waals surface area contributed by atoms with E-state index in [0.717, 1.165) is 50.6 Å². The monoisotopic (exact) mass is 533 g/mol. The summed E-state index contributed by atoms with van der Waals surface area (Å²) in [7, 11) is 0. The first-order valence-corrected chi connectivity index (χ1v) is 13.7. The van der Waals surface area contributed by atoms with Gasteiger partial charge in [0.05, 0.1) is 10.9 Å². The standard InChI is InChI=1S/C31H35N3O3.ClH/c35-27-21-29(37-28-18-10-7-15-24(27)28)31(36)33-20-12-4-2-1-3-11-19-32-30-22-13-5-8-16-25(22)34-26-17-9-6-14-23(26)30;/h5,7-8,10,13,15-16,18,21H,1-4,6,9,11-12,14,17,19-20H2,(H,32,34)(H,33,36);1H. The van der Waals surface area contributed by atoms with Crippen LogP contribution in [0.25, 0.3) is 21.9 Å². The number of hydrogen-bond acceptors (Lipinski definition) is 5. The summed E-state index contributed by atoms with van der Waals surface area (Å²) >= 11 is 0. The SMILES string of the molecule is Cl.O=C(NCCCCCCCCNc1c2c(nc3ccccc13)CCCC2)c1cc(=O)c2ccccc2o1. The van der Waals surface area contributed by atoms with Crippen LogP contribution in [0.2, 0.25) is 0 Å². The molecule has 7 heteroatoms. The molecule has 0 saturated heterocycles. The average Bonchev–Trinajstić information content (AvgIpc) is 2.93. The zero-order valence-corrected chi connectivity index (χ0v) is 22.6. The average molecular weight is 534 g/mol. The van der Waals surface area contributed by atoms with Crippen LogP contribution in [0, 0.1) is 0 Å². The fourth-order valence-electron chi connectivity index (χ4n) is 5.25. The molecule has 2 aromatic carbocycles. The molecule has 6 nitrogen and oxygen atoms in total. The number of rotatable bonds is 11. The molecule has 1 amide bonds. The Labute approximate surface area is 229 Å². The molecule has 0 radical (unpaired) electrons. The van der Waals surface area contributed by atoms with E-state index in [0.29, 0.717) is 17.5 Å². The lowest BCUT2D eigenvalue weighted by Crippen LogP contribution is -2.25. The maximum Gasteiger partial charge on any atom is 0.287 e. The van der Waals surface area contributed by atoms with Gasteiger partial charge in [-0.2, -0.15) is 0 Å². The van der Waals surface area contributed by atoms with E-state index in [2.05, 4.69) is 34.9 Å². The number of nitrogens with one attached hydrogen (secondary N) is 2. The summed E-state index contributed by atoms with van der Waals surface area (Å²) < 4.78 is 5.60. The summed E-state index contributed by atoms with van der Waals surface area (Å²) in [4.78, 5) is 29.5. The minimum Gasteiger partial charge on any atom is -0.451 e. The highest BCUT2D eigenvalue weighted by atomic mass is 35.5. The van der Waals surface area contributed by atoms with Crippen LogP contribution in [0.3, 0.4) is 0 Å². The van der Waals surface area contributed by atoms with Crippen molar-refractivity contribution in [3.8, 4) is 0 Å². The van der Waals surface area contributed by atoms with Crippen molar-refractivity contribution in [1.29, 1.82) is 0 Å². The Morgan fingerprint density at radius 3 is 2.37 bits per heavy atom. The number of halogens is 1. The van der Waals surface area contributed by atoms with Gasteiger partial charge in [0, 0.05) is 35.9 Å². The van der Waals surface area contributed by atoms with E-state index < -0.39 is 0 Å². The van der Waals surface area contributed by atoms with Crippen molar-refractivity contribution < 1.29 is 9.21 Å². The highest BCUT2D eigenvalue weighted by molar-refractivity contribution is 5.94. The third-order valence-electron chi connectivity index (χ3n) is 7.22. The van der Waals surface area contributed by atoms with Gasteiger partial charge in [0.2, 0.25) is 0 Å². The highest BCUT2D eigenvalue weighted by Gasteiger charge is 2.17. The Kier molecular flexibility index (Phi) is 9.77. The lowest BCUT2D eigenvalue weighted by molar-refractivity contribution is 0.0926. The first kappa shape index (κ1) is 27.6.